The van der Waals surface area contributed by atoms with Gasteiger partial charge in [0.15, 0.2) is 0 Å². The lowest BCUT2D eigenvalue weighted by molar-refractivity contribution is -0.119. The minimum Gasteiger partial charge on any atom is -0.327 e. The Labute approximate surface area is 125 Å². The standard InChI is InChI=1S/C16H23N3O2/c1-3-8-19-14-6-5-13(18-15(20)9-11(2)17)10-12(14)4-7-16(19)21/h5-6,10-11H,3-4,7-9,17H2,1-2H3,(H,18,20). The Bertz CT molecular complexity index is 540. The van der Waals surface area contributed by atoms with Crippen LogP contribution in [0.15, 0.2) is 18.2 Å². The number of benzene rings is 1. The van der Waals surface area contributed by atoms with Crippen molar-refractivity contribution >= 4 is 23.2 Å². The van der Waals surface area contributed by atoms with Gasteiger partial charge in [0.25, 0.3) is 0 Å². The van der Waals surface area contributed by atoms with Crippen LogP contribution in [-0.2, 0) is 16.0 Å². The first-order chi connectivity index (χ1) is 10.0. The number of carbonyl (C=O) groups is 2. The summed E-state index contributed by atoms with van der Waals surface area (Å²) < 4.78 is 0. The number of fused-ring (bicyclic) bond motifs is 1. The highest BCUT2D eigenvalue weighted by Crippen LogP contribution is 2.30. The lowest BCUT2D eigenvalue weighted by Crippen LogP contribution is -2.35. The number of rotatable bonds is 5. The Morgan fingerprint density at radius 2 is 2.19 bits per heavy atom. The fourth-order valence-electron chi connectivity index (χ4n) is 2.61. The van der Waals surface area contributed by atoms with E-state index in [1.54, 1.807) is 6.92 Å². The molecule has 5 nitrogen and oxygen atoms in total. The third-order valence-corrected chi connectivity index (χ3v) is 3.52. The van der Waals surface area contributed by atoms with E-state index >= 15 is 0 Å². The number of hydrogen-bond donors (Lipinski definition) is 2. The smallest absolute Gasteiger partial charge is 0.227 e. The van der Waals surface area contributed by atoms with Gasteiger partial charge in [-0.15, -0.1) is 0 Å². The largest absolute Gasteiger partial charge is 0.327 e. The molecule has 1 aromatic rings. The Balaban J connectivity index is 2.16. The third kappa shape index (κ3) is 3.82. The maximum Gasteiger partial charge on any atom is 0.227 e. The second-order valence-corrected chi connectivity index (χ2v) is 5.62. The van der Waals surface area contributed by atoms with Gasteiger partial charge in [0, 0.05) is 36.8 Å². The minimum absolute atomic E-state index is 0.0812. The van der Waals surface area contributed by atoms with Crippen LogP contribution in [0.5, 0.6) is 0 Å². The summed E-state index contributed by atoms with van der Waals surface area (Å²) in [7, 11) is 0. The molecule has 0 radical (unpaired) electrons. The highest BCUT2D eigenvalue weighted by atomic mass is 16.2. The predicted octanol–water partition coefficient (Wildman–Crippen LogP) is 2.05. The van der Waals surface area contributed by atoms with Crippen molar-refractivity contribution in [2.75, 3.05) is 16.8 Å². The summed E-state index contributed by atoms with van der Waals surface area (Å²) in [5.41, 5.74) is 8.47. The van der Waals surface area contributed by atoms with Gasteiger partial charge in [-0.2, -0.15) is 0 Å². The number of amides is 2. The molecule has 0 fully saturated rings. The molecular formula is C16H23N3O2. The molecule has 0 saturated carbocycles. The van der Waals surface area contributed by atoms with Gasteiger partial charge < -0.3 is 16.0 Å². The zero-order valence-corrected chi connectivity index (χ0v) is 12.7. The van der Waals surface area contributed by atoms with E-state index in [2.05, 4.69) is 12.2 Å². The number of nitrogens with one attached hydrogen (secondary N) is 1. The van der Waals surface area contributed by atoms with Gasteiger partial charge in [-0.05, 0) is 43.5 Å². The molecule has 3 N–H and O–H groups in total. The summed E-state index contributed by atoms with van der Waals surface area (Å²) >= 11 is 0. The van der Waals surface area contributed by atoms with E-state index in [4.69, 9.17) is 5.73 Å². The highest BCUT2D eigenvalue weighted by Gasteiger charge is 2.23. The fourth-order valence-corrected chi connectivity index (χ4v) is 2.61. The summed E-state index contributed by atoms with van der Waals surface area (Å²) in [6, 6.07) is 5.58. The van der Waals surface area contributed by atoms with Gasteiger partial charge in [-0.1, -0.05) is 6.92 Å². The zero-order chi connectivity index (χ0) is 15.4. The second kappa shape index (κ2) is 6.72. The molecular weight excluding hydrogens is 266 g/mol. The monoisotopic (exact) mass is 289 g/mol. The number of nitrogens with zero attached hydrogens (tertiary/aromatic N) is 1. The summed E-state index contributed by atoms with van der Waals surface area (Å²) in [6.45, 7) is 4.60. The van der Waals surface area contributed by atoms with Gasteiger partial charge in [-0.3, -0.25) is 9.59 Å². The van der Waals surface area contributed by atoms with Crippen molar-refractivity contribution in [1.29, 1.82) is 0 Å². The summed E-state index contributed by atoms with van der Waals surface area (Å²) in [4.78, 5) is 25.6. The van der Waals surface area contributed by atoms with Crippen LogP contribution in [-0.4, -0.2) is 24.4 Å². The molecule has 1 unspecified atom stereocenters. The van der Waals surface area contributed by atoms with Gasteiger partial charge in [0.2, 0.25) is 11.8 Å². The van der Waals surface area contributed by atoms with Crippen LogP contribution >= 0.6 is 0 Å². The number of nitrogens with two attached hydrogens (primary N) is 1. The van der Waals surface area contributed by atoms with Crippen molar-refractivity contribution in [2.45, 2.75) is 45.6 Å². The van der Waals surface area contributed by atoms with Crippen LogP contribution in [0, 0.1) is 0 Å². The van der Waals surface area contributed by atoms with Crippen LogP contribution in [0.2, 0.25) is 0 Å². The van der Waals surface area contributed by atoms with E-state index in [0.717, 1.165) is 36.3 Å². The van der Waals surface area contributed by atoms with E-state index in [1.165, 1.54) is 0 Å². The van der Waals surface area contributed by atoms with E-state index < -0.39 is 0 Å². The average Bonchev–Trinajstić information content (AvgIpc) is 2.41. The Morgan fingerprint density at radius 1 is 1.43 bits per heavy atom. The first kappa shape index (κ1) is 15.5. The summed E-state index contributed by atoms with van der Waals surface area (Å²) in [6.07, 6.45) is 2.49. The van der Waals surface area contributed by atoms with Crippen LogP contribution in [0.3, 0.4) is 0 Å². The molecule has 1 aromatic carbocycles. The zero-order valence-electron chi connectivity index (χ0n) is 12.7. The van der Waals surface area contributed by atoms with Crippen molar-refractivity contribution in [3.63, 3.8) is 0 Å². The lowest BCUT2D eigenvalue weighted by atomic mass is 10.00. The maximum atomic E-state index is 12.0. The molecule has 0 saturated heterocycles. The molecule has 0 spiro atoms. The van der Waals surface area contributed by atoms with Crippen molar-refractivity contribution in [1.82, 2.24) is 0 Å². The third-order valence-electron chi connectivity index (χ3n) is 3.52. The maximum absolute atomic E-state index is 12.0. The first-order valence-electron chi connectivity index (χ1n) is 7.50. The average molecular weight is 289 g/mol. The molecule has 0 bridgehead atoms. The summed E-state index contributed by atoms with van der Waals surface area (Å²) in [5.74, 6) is 0.0975. The van der Waals surface area contributed by atoms with Crippen molar-refractivity contribution < 1.29 is 9.59 Å². The van der Waals surface area contributed by atoms with Crippen LogP contribution in [0.25, 0.3) is 0 Å². The van der Waals surface area contributed by atoms with E-state index in [-0.39, 0.29) is 17.9 Å². The SMILES string of the molecule is CCCN1C(=O)CCc2cc(NC(=O)CC(C)N)ccc21. The first-order valence-corrected chi connectivity index (χ1v) is 7.50. The normalized spacial score (nSPS) is 15.6. The number of aryl methyl sites for hydroxylation is 1. The topological polar surface area (TPSA) is 75.4 Å². The van der Waals surface area contributed by atoms with Crippen LogP contribution < -0.4 is 16.0 Å². The molecule has 21 heavy (non-hydrogen) atoms. The number of carbonyl (C=O) groups excluding carboxylic acids is 2. The molecule has 1 atom stereocenters. The molecule has 5 heteroatoms. The lowest BCUT2D eigenvalue weighted by Gasteiger charge is -2.29. The van der Waals surface area contributed by atoms with E-state index in [1.807, 2.05) is 23.1 Å². The Morgan fingerprint density at radius 3 is 2.86 bits per heavy atom. The molecule has 0 aromatic heterocycles. The van der Waals surface area contributed by atoms with Crippen LogP contribution in [0.1, 0.15) is 38.7 Å². The molecule has 1 heterocycles. The molecule has 2 amide bonds. The van der Waals surface area contributed by atoms with Gasteiger partial charge in [-0.25, -0.2) is 0 Å². The van der Waals surface area contributed by atoms with Gasteiger partial charge >= 0.3 is 0 Å². The van der Waals surface area contributed by atoms with Gasteiger partial charge in [0.1, 0.15) is 0 Å². The Kier molecular flexibility index (Phi) is 4.96. The summed E-state index contributed by atoms with van der Waals surface area (Å²) in [5, 5.41) is 2.86. The molecule has 1 aliphatic heterocycles. The van der Waals surface area contributed by atoms with Crippen molar-refractivity contribution in [2.24, 2.45) is 5.73 Å². The van der Waals surface area contributed by atoms with Crippen molar-refractivity contribution in [3.8, 4) is 0 Å². The molecule has 114 valence electrons. The number of anilines is 2. The highest BCUT2D eigenvalue weighted by molar-refractivity contribution is 5.97. The van der Waals surface area contributed by atoms with Crippen LogP contribution in [0.4, 0.5) is 11.4 Å². The van der Waals surface area contributed by atoms with E-state index in [0.29, 0.717) is 12.8 Å². The quantitative estimate of drug-likeness (QED) is 0.871. The van der Waals surface area contributed by atoms with E-state index in [9.17, 15) is 9.59 Å². The molecule has 1 aliphatic rings. The molecule has 2 rings (SSSR count). The predicted molar refractivity (Wildman–Crippen MR) is 84.3 cm³/mol. The van der Waals surface area contributed by atoms with Gasteiger partial charge in [0.05, 0.1) is 0 Å². The fraction of sp³-hybridized carbons (Fsp3) is 0.500. The Hall–Kier alpha value is -1.88. The second-order valence-electron chi connectivity index (χ2n) is 5.62. The minimum atomic E-state index is -0.153. The van der Waals surface area contributed by atoms with Crippen molar-refractivity contribution in [3.05, 3.63) is 23.8 Å². The molecule has 0 aliphatic carbocycles. The number of hydrogen-bond acceptors (Lipinski definition) is 3.